The van der Waals surface area contributed by atoms with Gasteiger partial charge >= 0.3 is 5.97 Å². The Bertz CT molecular complexity index is 740. The second kappa shape index (κ2) is 6.33. The Hall–Kier alpha value is -2.48. The van der Waals surface area contributed by atoms with Gasteiger partial charge < -0.3 is 15.0 Å². The third-order valence-electron chi connectivity index (χ3n) is 3.66. The molecule has 3 rings (SSSR count). The van der Waals surface area contributed by atoms with Crippen molar-refractivity contribution in [2.24, 2.45) is 0 Å². The van der Waals surface area contributed by atoms with Crippen LogP contribution < -0.4 is 5.32 Å². The first-order chi connectivity index (χ1) is 11.1. The number of rotatable bonds is 3. The van der Waals surface area contributed by atoms with E-state index in [0.29, 0.717) is 18.1 Å². The van der Waals surface area contributed by atoms with Crippen LogP contribution >= 0.6 is 11.3 Å². The molecule has 1 aliphatic heterocycles. The van der Waals surface area contributed by atoms with Crippen LogP contribution in [0.2, 0.25) is 0 Å². The van der Waals surface area contributed by atoms with Crippen LogP contribution in [0.3, 0.4) is 0 Å². The third-order valence-corrected chi connectivity index (χ3v) is 4.68. The number of nitrogens with zero attached hydrogens (tertiary/aromatic N) is 2. The van der Waals surface area contributed by atoms with Crippen molar-refractivity contribution < 1.29 is 19.1 Å². The smallest absolute Gasteiger partial charge is 0.308 e. The van der Waals surface area contributed by atoms with Gasteiger partial charge in [0.1, 0.15) is 6.04 Å². The topological polar surface area (TPSA) is 88.6 Å². The quantitative estimate of drug-likeness (QED) is 0.839. The third kappa shape index (κ3) is 3.02. The average molecular weight is 333 g/mol. The molecule has 120 valence electrons. The van der Waals surface area contributed by atoms with Crippen LogP contribution in [0.5, 0.6) is 0 Å². The molecule has 1 aromatic heterocycles. The summed E-state index contributed by atoms with van der Waals surface area (Å²) in [5.41, 5.74) is 0.742. The van der Waals surface area contributed by atoms with Gasteiger partial charge in [-0.05, 0) is 12.1 Å². The van der Waals surface area contributed by atoms with E-state index in [1.54, 1.807) is 0 Å². The number of thiazole rings is 1. The highest BCUT2D eigenvalue weighted by atomic mass is 32.1. The minimum Gasteiger partial charge on any atom is -0.469 e. The summed E-state index contributed by atoms with van der Waals surface area (Å²) in [5, 5.41) is 2.98. The fourth-order valence-electron chi connectivity index (χ4n) is 2.49. The number of hydrogen-bond donors (Lipinski definition) is 1. The number of nitrogens with one attached hydrogen (secondary N) is 1. The van der Waals surface area contributed by atoms with Crippen molar-refractivity contribution in [3.63, 3.8) is 0 Å². The maximum absolute atomic E-state index is 12.7. The number of methoxy groups -OCH3 is 1. The maximum atomic E-state index is 12.7. The number of fused-ring (bicyclic) bond motifs is 1. The van der Waals surface area contributed by atoms with Crippen molar-refractivity contribution in [1.29, 1.82) is 0 Å². The first kappa shape index (κ1) is 15.4. The number of piperazine rings is 1. The lowest BCUT2D eigenvalue weighted by Crippen LogP contribution is -2.57. The van der Waals surface area contributed by atoms with Crippen molar-refractivity contribution >= 4 is 39.3 Å². The summed E-state index contributed by atoms with van der Waals surface area (Å²) >= 11 is 1.28. The van der Waals surface area contributed by atoms with Gasteiger partial charge in [0.25, 0.3) is 5.91 Å². The predicted molar refractivity (Wildman–Crippen MR) is 84.1 cm³/mol. The van der Waals surface area contributed by atoms with Gasteiger partial charge in [-0.25, -0.2) is 4.98 Å². The summed E-state index contributed by atoms with van der Waals surface area (Å²) in [4.78, 5) is 42.0. The normalized spacial score (nSPS) is 17.9. The van der Waals surface area contributed by atoms with Crippen molar-refractivity contribution in [1.82, 2.24) is 15.2 Å². The van der Waals surface area contributed by atoms with Gasteiger partial charge in [0.05, 0.1) is 23.7 Å². The van der Waals surface area contributed by atoms with Crippen LogP contribution in [0.25, 0.3) is 10.2 Å². The second-order valence-corrected chi connectivity index (χ2v) is 6.10. The molecule has 1 aliphatic rings. The van der Waals surface area contributed by atoms with Gasteiger partial charge in [0.15, 0.2) is 5.01 Å². The standard InChI is InChI=1S/C15H15N3O4S/c1-22-12(19)8-10-13(20)16-6-7-18(10)15(21)14-17-9-4-2-3-5-11(9)23-14/h2-5,10H,6-8H2,1H3,(H,16,20)/t10-/m0/s1. The lowest BCUT2D eigenvalue weighted by atomic mass is 10.1. The molecule has 1 atom stereocenters. The van der Waals surface area contributed by atoms with Crippen LogP contribution in [0.15, 0.2) is 24.3 Å². The monoisotopic (exact) mass is 333 g/mol. The number of carbonyl (C=O) groups excluding carboxylic acids is 3. The van der Waals surface area contributed by atoms with E-state index in [1.807, 2.05) is 24.3 Å². The first-order valence-electron chi connectivity index (χ1n) is 7.11. The molecular weight excluding hydrogens is 318 g/mol. The molecule has 1 fully saturated rings. The molecule has 2 amide bonds. The molecule has 0 spiro atoms. The molecule has 0 unspecified atom stereocenters. The molecule has 1 saturated heterocycles. The number of ether oxygens (including phenoxy) is 1. The van der Waals surface area contributed by atoms with E-state index < -0.39 is 12.0 Å². The van der Waals surface area contributed by atoms with Gasteiger partial charge in [-0.3, -0.25) is 14.4 Å². The Labute approximate surface area is 136 Å². The fourth-order valence-corrected chi connectivity index (χ4v) is 3.41. The van der Waals surface area contributed by atoms with Crippen molar-refractivity contribution in [2.75, 3.05) is 20.2 Å². The number of carbonyl (C=O) groups is 3. The molecule has 23 heavy (non-hydrogen) atoms. The molecular formula is C15H15N3O4S. The number of benzene rings is 1. The summed E-state index contributed by atoms with van der Waals surface area (Å²) in [7, 11) is 1.25. The highest BCUT2D eigenvalue weighted by Crippen LogP contribution is 2.24. The van der Waals surface area contributed by atoms with Crippen molar-refractivity contribution in [3.05, 3.63) is 29.3 Å². The van der Waals surface area contributed by atoms with Crippen molar-refractivity contribution in [3.8, 4) is 0 Å². The molecule has 2 aromatic rings. The largest absolute Gasteiger partial charge is 0.469 e. The summed E-state index contributed by atoms with van der Waals surface area (Å²) in [5.74, 6) is -1.22. The van der Waals surface area contributed by atoms with Crippen LogP contribution in [0.4, 0.5) is 0 Å². The van der Waals surface area contributed by atoms with E-state index >= 15 is 0 Å². The Kier molecular flexibility index (Phi) is 4.24. The summed E-state index contributed by atoms with van der Waals surface area (Å²) in [6.07, 6.45) is -0.168. The van der Waals surface area contributed by atoms with Crippen LogP contribution in [0.1, 0.15) is 16.2 Å². The Morgan fingerprint density at radius 1 is 1.43 bits per heavy atom. The van der Waals surface area contributed by atoms with E-state index in [1.165, 1.54) is 23.3 Å². The highest BCUT2D eigenvalue weighted by Gasteiger charge is 2.36. The molecule has 0 radical (unpaired) electrons. The van der Waals surface area contributed by atoms with E-state index in [9.17, 15) is 14.4 Å². The first-order valence-corrected chi connectivity index (χ1v) is 7.93. The van der Waals surface area contributed by atoms with E-state index in [2.05, 4.69) is 15.0 Å². The summed E-state index contributed by atoms with van der Waals surface area (Å²) < 4.78 is 5.52. The zero-order chi connectivity index (χ0) is 16.4. The van der Waals surface area contributed by atoms with E-state index in [-0.39, 0.29) is 18.2 Å². The fraction of sp³-hybridized carbons (Fsp3) is 0.333. The second-order valence-electron chi connectivity index (χ2n) is 5.07. The molecule has 7 nitrogen and oxygen atoms in total. The maximum Gasteiger partial charge on any atom is 0.308 e. The van der Waals surface area contributed by atoms with E-state index in [0.717, 1.165) is 10.2 Å². The lowest BCUT2D eigenvalue weighted by Gasteiger charge is -2.33. The van der Waals surface area contributed by atoms with Gasteiger partial charge in [-0.2, -0.15) is 0 Å². The van der Waals surface area contributed by atoms with Gasteiger partial charge in [-0.15, -0.1) is 11.3 Å². The SMILES string of the molecule is COC(=O)C[C@H]1C(=O)NCCN1C(=O)c1nc2ccccc2s1. The number of para-hydroxylation sites is 1. The Balaban J connectivity index is 1.88. The zero-order valence-corrected chi connectivity index (χ0v) is 13.3. The van der Waals surface area contributed by atoms with Gasteiger partial charge in [0.2, 0.25) is 5.91 Å². The van der Waals surface area contributed by atoms with Crippen LogP contribution in [-0.2, 0) is 14.3 Å². The number of esters is 1. The van der Waals surface area contributed by atoms with Gasteiger partial charge in [0, 0.05) is 13.1 Å². The minimum absolute atomic E-state index is 0.168. The number of aromatic nitrogens is 1. The molecule has 0 aliphatic carbocycles. The summed E-state index contributed by atoms with van der Waals surface area (Å²) in [6.45, 7) is 0.690. The van der Waals surface area contributed by atoms with Crippen LogP contribution in [-0.4, -0.2) is 53.9 Å². The Morgan fingerprint density at radius 3 is 2.96 bits per heavy atom. The average Bonchev–Trinajstić information content (AvgIpc) is 3.00. The molecule has 0 saturated carbocycles. The molecule has 1 aromatic carbocycles. The molecule has 2 heterocycles. The molecule has 8 heteroatoms. The molecule has 0 bridgehead atoms. The zero-order valence-electron chi connectivity index (χ0n) is 12.4. The highest BCUT2D eigenvalue weighted by molar-refractivity contribution is 7.20. The van der Waals surface area contributed by atoms with Crippen molar-refractivity contribution in [2.45, 2.75) is 12.5 Å². The minimum atomic E-state index is -0.865. The predicted octanol–water partition coefficient (Wildman–Crippen LogP) is 0.800. The number of hydrogen-bond acceptors (Lipinski definition) is 6. The van der Waals surface area contributed by atoms with Crippen LogP contribution in [0, 0.1) is 0 Å². The lowest BCUT2D eigenvalue weighted by molar-refractivity contribution is -0.145. The van der Waals surface area contributed by atoms with Gasteiger partial charge in [-0.1, -0.05) is 12.1 Å². The number of amides is 2. The summed E-state index contributed by atoms with van der Waals surface area (Å²) in [6, 6.07) is 6.58. The van der Waals surface area contributed by atoms with E-state index in [4.69, 9.17) is 0 Å². The molecule has 1 N–H and O–H groups in total. The Morgan fingerprint density at radius 2 is 2.22 bits per heavy atom.